The standard InChI is InChI=1S/C17H22FNO3/c1-4-16(21-2)13-7-5-12(13)10-19-15-9-11(17(20)22-3)6-8-14(15)18/h4,6,8-9,12-13,16,19H,1,5,7,10H2,2-3H3/t12-,13+,16-/m0/s1. The molecule has 0 heterocycles. The summed E-state index contributed by atoms with van der Waals surface area (Å²) >= 11 is 0. The summed E-state index contributed by atoms with van der Waals surface area (Å²) in [7, 11) is 2.98. The second kappa shape index (κ2) is 7.40. The van der Waals surface area contributed by atoms with Crippen molar-refractivity contribution in [2.24, 2.45) is 11.8 Å². The van der Waals surface area contributed by atoms with Crippen LogP contribution in [0.15, 0.2) is 30.9 Å². The Bertz CT molecular complexity index is 547. The summed E-state index contributed by atoms with van der Waals surface area (Å²) in [5.74, 6) is -0.0443. The fraction of sp³-hybridized carbons (Fsp3) is 0.471. The van der Waals surface area contributed by atoms with E-state index in [9.17, 15) is 9.18 Å². The maximum absolute atomic E-state index is 13.8. The molecule has 5 heteroatoms. The fourth-order valence-electron chi connectivity index (χ4n) is 2.87. The molecule has 120 valence electrons. The van der Waals surface area contributed by atoms with Gasteiger partial charge in [-0.05, 0) is 42.9 Å². The Hall–Kier alpha value is -1.88. The number of halogens is 1. The topological polar surface area (TPSA) is 47.6 Å². The van der Waals surface area contributed by atoms with E-state index in [2.05, 4.69) is 16.6 Å². The third-order valence-corrected chi connectivity index (χ3v) is 4.34. The first-order valence-corrected chi connectivity index (χ1v) is 7.37. The molecule has 0 saturated heterocycles. The number of anilines is 1. The van der Waals surface area contributed by atoms with E-state index in [0.29, 0.717) is 29.6 Å². The zero-order valence-electron chi connectivity index (χ0n) is 13.0. The Morgan fingerprint density at radius 1 is 1.50 bits per heavy atom. The largest absolute Gasteiger partial charge is 0.465 e. The normalized spacial score (nSPS) is 21.6. The van der Waals surface area contributed by atoms with Gasteiger partial charge in [0.2, 0.25) is 0 Å². The van der Waals surface area contributed by atoms with Crippen molar-refractivity contribution in [2.45, 2.75) is 18.9 Å². The van der Waals surface area contributed by atoms with Gasteiger partial charge in [0.15, 0.2) is 0 Å². The molecule has 1 aromatic rings. The van der Waals surface area contributed by atoms with E-state index >= 15 is 0 Å². The minimum absolute atomic E-state index is 0.0341. The number of rotatable bonds is 7. The minimum atomic E-state index is -0.476. The Morgan fingerprint density at radius 3 is 2.82 bits per heavy atom. The summed E-state index contributed by atoms with van der Waals surface area (Å²) in [6, 6.07) is 4.17. The van der Waals surface area contributed by atoms with Crippen molar-refractivity contribution in [1.82, 2.24) is 0 Å². The lowest BCUT2D eigenvalue weighted by molar-refractivity contribution is 0.0160. The van der Waals surface area contributed by atoms with E-state index in [1.807, 2.05) is 6.08 Å². The van der Waals surface area contributed by atoms with Crippen LogP contribution in [0.5, 0.6) is 0 Å². The molecule has 22 heavy (non-hydrogen) atoms. The second-order valence-corrected chi connectivity index (χ2v) is 5.50. The molecule has 1 aliphatic carbocycles. The van der Waals surface area contributed by atoms with E-state index in [4.69, 9.17) is 4.74 Å². The summed E-state index contributed by atoms with van der Waals surface area (Å²) in [4.78, 5) is 11.5. The molecule has 0 amide bonds. The Kier molecular flexibility index (Phi) is 5.55. The lowest BCUT2D eigenvalue weighted by atomic mass is 9.70. The first kappa shape index (κ1) is 16.5. The number of ether oxygens (including phenoxy) is 2. The van der Waals surface area contributed by atoms with Crippen LogP contribution < -0.4 is 5.32 Å². The molecule has 3 atom stereocenters. The molecule has 1 fully saturated rings. The number of hydrogen-bond donors (Lipinski definition) is 1. The summed E-state index contributed by atoms with van der Waals surface area (Å²) in [5.41, 5.74) is 0.651. The van der Waals surface area contributed by atoms with Crippen LogP contribution >= 0.6 is 0 Å². The van der Waals surface area contributed by atoms with Crippen molar-refractivity contribution < 1.29 is 18.7 Å². The highest BCUT2D eigenvalue weighted by atomic mass is 19.1. The van der Waals surface area contributed by atoms with Crippen molar-refractivity contribution in [3.05, 3.63) is 42.2 Å². The number of hydrogen-bond acceptors (Lipinski definition) is 4. The average molecular weight is 307 g/mol. The molecular formula is C17H22FNO3. The van der Waals surface area contributed by atoms with Gasteiger partial charge in [-0.15, -0.1) is 6.58 Å². The molecule has 0 aromatic heterocycles. The first-order chi connectivity index (χ1) is 10.6. The molecule has 1 aromatic carbocycles. The Balaban J connectivity index is 1.99. The molecule has 0 radical (unpaired) electrons. The predicted molar refractivity (Wildman–Crippen MR) is 83.4 cm³/mol. The number of esters is 1. The van der Waals surface area contributed by atoms with Crippen molar-refractivity contribution in [1.29, 1.82) is 0 Å². The molecule has 1 aliphatic rings. The van der Waals surface area contributed by atoms with Crippen molar-refractivity contribution in [3.63, 3.8) is 0 Å². The minimum Gasteiger partial charge on any atom is -0.465 e. The molecule has 2 rings (SSSR count). The second-order valence-electron chi connectivity index (χ2n) is 5.50. The van der Waals surface area contributed by atoms with Gasteiger partial charge in [0.05, 0.1) is 24.5 Å². The Morgan fingerprint density at radius 2 is 2.27 bits per heavy atom. The third kappa shape index (κ3) is 3.47. The number of carbonyl (C=O) groups is 1. The zero-order chi connectivity index (χ0) is 16.1. The lowest BCUT2D eigenvalue weighted by Gasteiger charge is -2.40. The SMILES string of the molecule is C=C[C@H](OC)[C@@H]1CC[C@H]1CNc1cc(C(=O)OC)ccc1F. The Labute approximate surface area is 130 Å². The number of methoxy groups -OCH3 is 2. The first-order valence-electron chi connectivity index (χ1n) is 7.37. The molecule has 0 aliphatic heterocycles. The van der Waals surface area contributed by atoms with Crippen LogP contribution in [0.4, 0.5) is 10.1 Å². The van der Waals surface area contributed by atoms with Crippen molar-refractivity contribution in [2.75, 3.05) is 26.1 Å². The smallest absolute Gasteiger partial charge is 0.337 e. The number of nitrogens with one attached hydrogen (secondary N) is 1. The van der Waals surface area contributed by atoms with Crippen LogP contribution in [0, 0.1) is 17.7 Å². The number of carbonyl (C=O) groups excluding carboxylic acids is 1. The summed E-state index contributed by atoms with van der Waals surface area (Å²) in [6.45, 7) is 4.42. The fourth-order valence-corrected chi connectivity index (χ4v) is 2.87. The lowest BCUT2D eigenvalue weighted by Crippen LogP contribution is -2.39. The van der Waals surface area contributed by atoms with Crippen LogP contribution in [0.1, 0.15) is 23.2 Å². The van der Waals surface area contributed by atoms with E-state index in [1.165, 1.54) is 25.3 Å². The van der Waals surface area contributed by atoms with Crippen LogP contribution in [-0.2, 0) is 9.47 Å². The van der Waals surface area contributed by atoms with E-state index in [-0.39, 0.29) is 11.9 Å². The quantitative estimate of drug-likeness (QED) is 0.620. The van der Waals surface area contributed by atoms with Crippen LogP contribution in [0.25, 0.3) is 0 Å². The van der Waals surface area contributed by atoms with Gasteiger partial charge in [-0.3, -0.25) is 0 Å². The molecular weight excluding hydrogens is 285 g/mol. The maximum atomic E-state index is 13.8. The zero-order valence-corrected chi connectivity index (χ0v) is 13.0. The highest BCUT2D eigenvalue weighted by Gasteiger charge is 2.35. The van der Waals surface area contributed by atoms with Gasteiger partial charge in [-0.2, -0.15) is 0 Å². The van der Waals surface area contributed by atoms with Crippen LogP contribution in [0.2, 0.25) is 0 Å². The highest BCUT2D eigenvalue weighted by molar-refractivity contribution is 5.90. The van der Waals surface area contributed by atoms with E-state index in [1.54, 1.807) is 7.11 Å². The van der Waals surface area contributed by atoms with Crippen molar-refractivity contribution in [3.8, 4) is 0 Å². The molecule has 0 unspecified atom stereocenters. The highest BCUT2D eigenvalue weighted by Crippen LogP contribution is 2.38. The summed E-state index contributed by atoms with van der Waals surface area (Å²) in [6.07, 6.45) is 4.01. The maximum Gasteiger partial charge on any atom is 0.337 e. The van der Waals surface area contributed by atoms with Gasteiger partial charge in [0, 0.05) is 13.7 Å². The molecule has 4 nitrogen and oxygen atoms in total. The van der Waals surface area contributed by atoms with Gasteiger partial charge >= 0.3 is 5.97 Å². The molecule has 1 N–H and O–H groups in total. The molecule has 0 spiro atoms. The monoisotopic (exact) mass is 307 g/mol. The van der Waals surface area contributed by atoms with E-state index < -0.39 is 5.97 Å². The van der Waals surface area contributed by atoms with Gasteiger partial charge in [-0.1, -0.05) is 6.08 Å². The van der Waals surface area contributed by atoms with Gasteiger partial charge in [0.25, 0.3) is 0 Å². The van der Waals surface area contributed by atoms with Gasteiger partial charge in [0.1, 0.15) is 5.82 Å². The number of benzene rings is 1. The summed E-state index contributed by atoms with van der Waals surface area (Å²) in [5, 5.41) is 3.09. The molecule has 0 bridgehead atoms. The summed E-state index contributed by atoms with van der Waals surface area (Å²) < 4.78 is 23.9. The van der Waals surface area contributed by atoms with Gasteiger partial charge in [-0.25, -0.2) is 9.18 Å². The van der Waals surface area contributed by atoms with Crippen LogP contribution in [0.3, 0.4) is 0 Å². The third-order valence-electron chi connectivity index (χ3n) is 4.34. The van der Waals surface area contributed by atoms with Crippen molar-refractivity contribution >= 4 is 11.7 Å². The average Bonchev–Trinajstić information content (AvgIpc) is 2.52. The molecule has 1 saturated carbocycles. The predicted octanol–water partition coefficient (Wildman–Crippen LogP) is 3.25. The van der Waals surface area contributed by atoms with Gasteiger partial charge < -0.3 is 14.8 Å². The van der Waals surface area contributed by atoms with Crippen LogP contribution in [-0.4, -0.2) is 32.8 Å². The van der Waals surface area contributed by atoms with E-state index in [0.717, 1.165) is 12.8 Å².